The number of carbonyl (C=O) groups excluding carboxylic acids is 1. The van der Waals surface area contributed by atoms with E-state index in [1.54, 1.807) is 43.3 Å². The summed E-state index contributed by atoms with van der Waals surface area (Å²) in [5, 5.41) is 22.1. The van der Waals surface area contributed by atoms with E-state index in [1.807, 2.05) is 18.2 Å². The van der Waals surface area contributed by atoms with Crippen molar-refractivity contribution in [3.8, 4) is 17.2 Å². The standard InChI is InChI=1S/C19H14ClN3O3/c1-11-16(10-21)17(23(19(25)26)18(24)22-11)15-5-3-2-4-14(15)12-6-8-13(20)9-7-12/h2-9,17H,1H3,(H,22,24)(H,25,26). The zero-order valence-corrected chi connectivity index (χ0v) is 14.5. The van der Waals surface area contributed by atoms with E-state index >= 15 is 0 Å². The molecule has 0 spiro atoms. The minimum Gasteiger partial charge on any atom is -0.465 e. The summed E-state index contributed by atoms with van der Waals surface area (Å²) in [6.07, 6.45) is -1.43. The molecule has 1 heterocycles. The SMILES string of the molecule is CC1=C(C#N)C(c2ccccc2-c2ccc(Cl)cc2)N(C(=O)O)C(=O)N1. The molecule has 0 aliphatic carbocycles. The van der Waals surface area contributed by atoms with Crippen LogP contribution in [0.25, 0.3) is 11.1 Å². The van der Waals surface area contributed by atoms with Gasteiger partial charge >= 0.3 is 12.1 Å². The maximum Gasteiger partial charge on any atom is 0.416 e. The summed E-state index contributed by atoms with van der Waals surface area (Å²) in [6.45, 7) is 1.58. The lowest BCUT2D eigenvalue weighted by atomic mass is 9.89. The number of hydrogen-bond donors (Lipinski definition) is 2. The summed E-state index contributed by atoms with van der Waals surface area (Å²) >= 11 is 5.95. The molecule has 3 rings (SSSR count). The molecule has 26 heavy (non-hydrogen) atoms. The number of halogens is 1. The Bertz CT molecular complexity index is 961. The molecule has 3 amide bonds. The van der Waals surface area contributed by atoms with E-state index in [-0.39, 0.29) is 5.57 Å². The van der Waals surface area contributed by atoms with E-state index in [1.165, 1.54) is 0 Å². The van der Waals surface area contributed by atoms with E-state index < -0.39 is 18.2 Å². The normalized spacial score (nSPS) is 16.9. The van der Waals surface area contributed by atoms with Crippen LogP contribution >= 0.6 is 11.6 Å². The van der Waals surface area contributed by atoms with Crippen molar-refractivity contribution in [3.63, 3.8) is 0 Å². The number of hydrogen-bond acceptors (Lipinski definition) is 3. The lowest BCUT2D eigenvalue weighted by Gasteiger charge is -2.34. The van der Waals surface area contributed by atoms with Gasteiger partial charge in [0.05, 0.1) is 11.6 Å². The van der Waals surface area contributed by atoms with Crippen LogP contribution in [0, 0.1) is 11.3 Å². The number of amides is 3. The predicted octanol–water partition coefficient (Wildman–Crippen LogP) is 4.55. The van der Waals surface area contributed by atoms with E-state index in [9.17, 15) is 20.0 Å². The monoisotopic (exact) mass is 367 g/mol. The molecule has 0 saturated heterocycles. The van der Waals surface area contributed by atoms with Crippen LogP contribution in [0.4, 0.5) is 9.59 Å². The van der Waals surface area contributed by atoms with Crippen LogP contribution in [0.2, 0.25) is 5.02 Å². The van der Waals surface area contributed by atoms with Crippen molar-refractivity contribution in [2.24, 2.45) is 0 Å². The van der Waals surface area contributed by atoms with E-state index in [0.29, 0.717) is 21.2 Å². The third-order valence-corrected chi connectivity index (χ3v) is 4.44. The topological polar surface area (TPSA) is 93.4 Å². The van der Waals surface area contributed by atoms with Crippen LogP contribution in [-0.4, -0.2) is 22.1 Å². The quantitative estimate of drug-likeness (QED) is 0.814. The maximum atomic E-state index is 12.3. The van der Waals surface area contributed by atoms with Gasteiger partial charge in [-0.15, -0.1) is 0 Å². The predicted molar refractivity (Wildman–Crippen MR) is 96.3 cm³/mol. The molecule has 2 aromatic carbocycles. The Balaban J connectivity index is 2.24. The van der Waals surface area contributed by atoms with Crippen molar-refractivity contribution in [1.29, 1.82) is 5.26 Å². The fourth-order valence-electron chi connectivity index (χ4n) is 3.00. The first-order valence-corrected chi connectivity index (χ1v) is 8.10. The number of urea groups is 1. The zero-order chi connectivity index (χ0) is 18.8. The molecule has 0 fully saturated rings. The molecule has 7 heteroatoms. The fourth-order valence-corrected chi connectivity index (χ4v) is 3.13. The summed E-state index contributed by atoms with van der Waals surface area (Å²) in [6, 6.07) is 14.4. The van der Waals surface area contributed by atoms with Crippen LogP contribution in [0.15, 0.2) is 59.8 Å². The molecule has 130 valence electrons. The Morgan fingerprint density at radius 2 is 1.88 bits per heavy atom. The Morgan fingerprint density at radius 1 is 1.23 bits per heavy atom. The minimum atomic E-state index is -1.43. The average Bonchev–Trinajstić information content (AvgIpc) is 2.61. The molecule has 2 N–H and O–H groups in total. The largest absolute Gasteiger partial charge is 0.465 e. The molecule has 0 aromatic heterocycles. The smallest absolute Gasteiger partial charge is 0.416 e. The van der Waals surface area contributed by atoms with Crippen LogP contribution in [0.1, 0.15) is 18.5 Å². The summed E-state index contributed by atoms with van der Waals surface area (Å²) in [4.78, 5) is 24.6. The summed E-state index contributed by atoms with van der Waals surface area (Å²) < 4.78 is 0. The molecule has 0 saturated carbocycles. The Kier molecular flexibility index (Phi) is 4.65. The second-order valence-electron chi connectivity index (χ2n) is 5.73. The highest BCUT2D eigenvalue weighted by molar-refractivity contribution is 6.30. The van der Waals surface area contributed by atoms with E-state index in [2.05, 4.69) is 5.32 Å². The second-order valence-corrected chi connectivity index (χ2v) is 6.17. The molecule has 1 atom stereocenters. The maximum absolute atomic E-state index is 12.3. The molecule has 2 aromatic rings. The second kappa shape index (κ2) is 6.90. The highest BCUT2D eigenvalue weighted by Gasteiger charge is 2.39. The number of nitrogens with one attached hydrogen (secondary N) is 1. The highest BCUT2D eigenvalue weighted by Crippen LogP contribution is 2.38. The van der Waals surface area contributed by atoms with Gasteiger partial charge in [-0.05, 0) is 35.7 Å². The van der Waals surface area contributed by atoms with E-state index in [0.717, 1.165) is 11.1 Å². The van der Waals surface area contributed by atoms with Gasteiger partial charge in [0.1, 0.15) is 6.04 Å². The van der Waals surface area contributed by atoms with Gasteiger partial charge in [0.25, 0.3) is 0 Å². The number of nitrogens with zero attached hydrogens (tertiary/aromatic N) is 2. The third kappa shape index (κ3) is 3.01. The Labute approximate surface area is 154 Å². The number of benzene rings is 2. The van der Waals surface area contributed by atoms with Crippen LogP contribution in [-0.2, 0) is 0 Å². The summed E-state index contributed by atoms with van der Waals surface area (Å²) in [7, 11) is 0. The number of carboxylic acid groups (broad SMARTS) is 1. The van der Waals surface area contributed by atoms with Crippen LogP contribution in [0.3, 0.4) is 0 Å². The summed E-state index contributed by atoms with van der Waals surface area (Å²) in [5.41, 5.74) is 2.58. The molecule has 1 aliphatic rings. The number of nitriles is 1. The Hall–Kier alpha value is -3.30. The van der Waals surface area contributed by atoms with Crippen molar-refractivity contribution >= 4 is 23.7 Å². The Morgan fingerprint density at radius 3 is 2.50 bits per heavy atom. The molecular weight excluding hydrogens is 354 g/mol. The first-order chi connectivity index (χ1) is 12.4. The molecule has 0 bridgehead atoms. The number of carbonyl (C=O) groups is 2. The van der Waals surface area contributed by atoms with Gasteiger partial charge in [-0.25, -0.2) is 14.5 Å². The van der Waals surface area contributed by atoms with Gasteiger partial charge in [0.15, 0.2) is 0 Å². The van der Waals surface area contributed by atoms with Gasteiger partial charge < -0.3 is 10.4 Å². The first-order valence-electron chi connectivity index (χ1n) is 7.73. The zero-order valence-electron chi connectivity index (χ0n) is 13.7. The summed E-state index contributed by atoms with van der Waals surface area (Å²) in [5.74, 6) is 0. The minimum absolute atomic E-state index is 0.174. The van der Waals surface area contributed by atoms with Gasteiger partial charge in [-0.3, -0.25) is 0 Å². The molecular formula is C19H14ClN3O3. The van der Waals surface area contributed by atoms with Gasteiger partial charge in [0.2, 0.25) is 0 Å². The van der Waals surface area contributed by atoms with Crippen molar-refractivity contribution in [1.82, 2.24) is 10.2 Å². The highest BCUT2D eigenvalue weighted by atomic mass is 35.5. The number of imide groups is 1. The number of rotatable bonds is 2. The van der Waals surface area contributed by atoms with E-state index in [4.69, 9.17) is 11.6 Å². The fraction of sp³-hybridized carbons (Fsp3) is 0.105. The number of allylic oxidation sites excluding steroid dienone is 1. The van der Waals surface area contributed by atoms with Crippen molar-refractivity contribution in [3.05, 3.63) is 70.4 Å². The van der Waals surface area contributed by atoms with Crippen LogP contribution in [0.5, 0.6) is 0 Å². The lowest BCUT2D eigenvalue weighted by Crippen LogP contribution is -2.49. The molecule has 0 radical (unpaired) electrons. The van der Waals surface area contributed by atoms with Crippen LogP contribution < -0.4 is 5.32 Å². The van der Waals surface area contributed by atoms with Gasteiger partial charge in [-0.2, -0.15) is 5.26 Å². The molecule has 6 nitrogen and oxygen atoms in total. The average molecular weight is 368 g/mol. The van der Waals surface area contributed by atoms with Gasteiger partial charge in [-0.1, -0.05) is 48.0 Å². The first kappa shape index (κ1) is 17.5. The third-order valence-electron chi connectivity index (χ3n) is 4.19. The van der Waals surface area contributed by atoms with Crippen molar-refractivity contribution in [2.45, 2.75) is 13.0 Å². The lowest BCUT2D eigenvalue weighted by molar-refractivity contribution is 0.136. The van der Waals surface area contributed by atoms with Crippen molar-refractivity contribution in [2.75, 3.05) is 0 Å². The van der Waals surface area contributed by atoms with Gasteiger partial charge in [0, 0.05) is 10.7 Å². The van der Waals surface area contributed by atoms with Crippen molar-refractivity contribution < 1.29 is 14.7 Å². The molecule has 1 aliphatic heterocycles. The molecule has 1 unspecified atom stereocenters.